The summed E-state index contributed by atoms with van der Waals surface area (Å²) in [5.74, 6) is -0.890. The van der Waals surface area contributed by atoms with Gasteiger partial charge in [0.1, 0.15) is 28.6 Å². The lowest BCUT2D eigenvalue weighted by atomic mass is 9.68. The Kier molecular flexibility index (Phi) is 5.97. The van der Waals surface area contributed by atoms with Crippen LogP contribution < -0.4 is 4.74 Å². The fraction of sp³-hybridized carbons (Fsp3) is 0.400. The molecule has 2 aliphatic heterocycles. The number of carbonyl (C=O) groups excluding carboxylic acids is 2. The molecule has 8 heteroatoms. The van der Waals surface area contributed by atoms with E-state index in [1.165, 1.54) is 6.07 Å². The second-order valence-corrected chi connectivity index (χ2v) is 11.5. The molecule has 0 spiro atoms. The highest BCUT2D eigenvalue weighted by atomic mass is 16.6. The molecule has 3 aliphatic rings. The number of methoxy groups -OCH3 is 1. The average Bonchev–Trinajstić information content (AvgIpc) is 2.81. The number of Topliss-reactive ketones (excluding diaryl/α,β-unsaturated/α-hetero) is 1. The van der Waals surface area contributed by atoms with E-state index in [0.717, 1.165) is 5.56 Å². The minimum atomic E-state index is -1.13. The highest BCUT2D eigenvalue weighted by Crippen LogP contribution is 2.54. The molecule has 8 nitrogen and oxygen atoms in total. The molecule has 0 radical (unpaired) electrons. The number of ether oxygens (including phenoxy) is 3. The average molecular weight is 518 g/mol. The molecule has 1 aromatic heterocycles. The monoisotopic (exact) mass is 517 g/mol. The molecule has 3 heterocycles. The van der Waals surface area contributed by atoms with Gasteiger partial charge in [-0.25, -0.2) is 14.6 Å². The van der Waals surface area contributed by atoms with Crippen molar-refractivity contribution in [3.05, 3.63) is 69.8 Å². The molecule has 0 saturated heterocycles. The number of pyridine rings is 1. The van der Waals surface area contributed by atoms with E-state index in [2.05, 4.69) is 4.98 Å². The minimum absolute atomic E-state index is 0.0803. The number of carboxylic acid groups (broad SMARTS) is 1. The van der Waals surface area contributed by atoms with E-state index in [4.69, 9.17) is 14.2 Å². The van der Waals surface area contributed by atoms with Crippen LogP contribution in [0.25, 0.3) is 11.3 Å². The van der Waals surface area contributed by atoms with Crippen LogP contribution in [0.15, 0.2) is 53.0 Å². The summed E-state index contributed by atoms with van der Waals surface area (Å²) in [5, 5.41) is 9.47. The van der Waals surface area contributed by atoms with Gasteiger partial charge in [-0.15, -0.1) is 0 Å². The van der Waals surface area contributed by atoms with Crippen LogP contribution in [0.2, 0.25) is 0 Å². The van der Waals surface area contributed by atoms with Crippen molar-refractivity contribution in [2.45, 2.75) is 65.4 Å². The number of aromatic carboxylic acids is 1. The molecule has 0 fully saturated rings. The predicted molar refractivity (Wildman–Crippen MR) is 139 cm³/mol. The Bertz CT molecular complexity index is 1410. The Morgan fingerprint density at radius 1 is 1.03 bits per heavy atom. The van der Waals surface area contributed by atoms with Crippen LogP contribution in [-0.2, 0) is 19.1 Å². The van der Waals surface area contributed by atoms with E-state index in [1.807, 2.05) is 40.7 Å². The molecular formula is C30H31NO7. The van der Waals surface area contributed by atoms with Crippen molar-refractivity contribution in [1.29, 1.82) is 0 Å². The molecule has 5 rings (SSSR count). The highest BCUT2D eigenvalue weighted by Gasteiger charge is 2.50. The molecule has 198 valence electrons. The zero-order valence-corrected chi connectivity index (χ0v) is 22.4. The summed E-state index contributed by atoms with van der Waals surface area (Å²) in [5.41, 5.74) is 2.13. The van der Waals surface area contributed by atoms with E-state index in [9.17, 15) is 19.5 Å². The van der Waals surface area contributed by atoms with Crippen LogP contribution in [-0.4, -0.2) is 40.5 Å². The lowest BCUT2D eigenvalue weighted by Gasteiger charge is -2.43. The number of ketones is 1. The van der Waals surface area contributed by atoms with Gasteiger partial charge >= 0.3 is 11.9 Å². The molecular weight excluding hydrogens is 486 g/mol. The normalized spacial score (nSPS) is 21.8. The largest absolute Gasteiger partial charge is 0.496 e. The number of cyclic esters (lactones) is 1. The van der Waals surface area contributed by atoms with Crippen LogP contribution in [0.5, 0.6) is 5.75 Å². The number of nitrogens with zero attached hydrogens (tertiary/aromatic N) is 1. The lowest BCUT2D eigenvalue weighted by Crippen LogP contribution is -2.41. The Morgan fingerprint density at radius 3 is 2.42 bits per heavy atom. The summed E-state index contributed by atoms with van der Waals surface area (Å²) in [6, 6.07) is 8.37. The fourth-order valence-corrected chi connectivity index (χ4v) is 5.80. The van der Waals surface area contributed by atoms with Crippen molar-refractivity contribution >= 4 is 17.7 Å². The van der Waals surface area contributed by atoms with E-state index in [1.54, 1.807) is 25.3 Å². The zero-order chi connectivity index (χ0) is 27.6. The number of rotatable bonds is 4. The van der Waals surface area contributed by atoms with E-state index >= 15 is 0 Å². The van der Waals surface area contributed by atoms with Gasteiger partial charge in [0.25, 0.3) is 0 Å². The molecule has 1 atom stereocenters. The third kappa shape index (κ3) is 4.27. The molecule has 38 heavy (non-hydrogen) atoms. The first-order chi connectivity index (χ1) is 17.8. The van der Waals surface area contributed by atoms with Gasteiger partial charge in [-0.05, 0) is 56.0 Å². The van der Waals surface area contributed by atoms with Crippen LogP contribution in [0, 0.1) is 12.3 Å². The summed E-state index contributed by atoms with van der Waals surface area (Å²) < 4.78 is 17.9. The van der Waals surface area contributed by atoms with Gasteiger partial charge in [0.2, 0.25) is 0 Å². The Morgan fingerprint density at radius 2 is 1.74 bits per heavy atom. The number of allylic oxidation sites excluding steroid dienone is 2. The number of hydrogen-bond acceptors (Lipinski definition) is 7. The number of carbonyl (C=O) groups is 3. The van der Waals surface area contributed by atoms with Gasteiger partial charge in [0.05, 0.1) is 24.3 Å². The van der Waals surface area contributed by atoms with Crippen molar-refractivity contribution in [1.82, 2.24) is 4.98 Å². The molecule has 1 unspecified atom stereocenters. The standard InChI is InChI=1S/C30H31NO7/c1-15-16(17-8-7-9-18(31-17)27(33)34)10-11-20(36-6)23(15)26-24-19(32)12-29(2,3)13-21(24)37-22-14-30(4,5)38-28(35)25(22)26/h7-11,26H,12-14H2,1-6H3,(H,33,34). The van der Waals surface area contributed by atoms with Crippen molar-refractivity contribution in [3.8, 4) is 17.0 Å². The summed E-state index contributed by atoms with van der Waals surface area (Å²) in [6.07, 6.45) is 1.25. The quantitative estimate of drug-likeness (QED) is 0.529. The number of esters is 1. The fourth-order valence-electron chi connectivity index (χ4n) is 5.80. The van der Waals surface area contributed by atoms with E-state index in [0.29, 0.717) is 64.5 Å². The summed E-state index contributed by atoms with van der Waals surface area (Å²) >= 11 is 0. The maximum absolute atomic E-state index is 13.7. The van der Waals surface area contributed by atoms with Crippen LogP contribution >= 0.6 is 0 Å². The number of benzene rings is 1. The molecule has 0 amide bonds. The molecule has 0 saturated carbocycles. The van der Waals surface area contributed by atoms with Gasteiger partial charge in [0, 0.05) is 36.0 Å². The zero-order valence-electron chi connectivity index (χ0n) is 22.4. The van der Waals surface area contributed by atoms with Crippen molar-refractivity contribution in [2.75, 3.05) is 7.11 Å². The maximum Gasteiger partial charge on any atom is 0.354 e. The third-order valence-corrected chi connectivity index (χ3v) is 7.41. The Balaban J connectivity index is 1.79. The summed E-state index contributed by atoms with van der Waals surface area (Å²) in [6.45, 7) is 9.60. The molecule has 1 aliphatic carbocycles. The summed E-state index contributed by atoms with van der Waals surface area (Å²) in [7, 11) is 1.54. The smallest absolute Gasteiger partial charge is 0.354 e. The predicted octanol–water partition coefficient (Wildman–Crippen LogP) is 5.50. The highest BCUT2D eigenvalue weighted by molar-refractivity contribution is 6.04. The van der Waals surface area contributed by atoms with Gasteiger partial charge < -0.3 is 19.3 Å². The van der Waals surface area contributed by atoms with Crippen LogP contribution in [0.1, 0.15) is 74.5 Å². The van der Waals surface area contributed by atoms with Gasteiger partial charge in [0.15, 0.2) is 5.78 Å². The van der Waals surface area contributed by atoms with Crippen LogP contribution in [0.4, 0.5) is 0 Å². The summed E-state index contributed by atoms with van der Waals surface area (Å²) in [4.78, 5) is 43.1. The molecule has 1 aromatic carbocycles. The Labute approximate surface area is 221 Å². The minimum Gasteiger partial charge on any atom is -0.496 e. The van der Waals surface area contributed by atoms with Crippen molar-refractivity contribution in [3.63, 3.8) is 0 Å². The third-order valence-electron chi connectivity index (χ3n) is 7.41. The first kappa shape index (κ1) is 25.7. The first-order valence-corrected chi connectivity index (χ1v) is 12.6. The van der Waals surface area contributed by atoms with Crippen molar-refractivity contribution in [2.24, 2.45) is 5.41 Å². The van der Waals surface area contributed by atoms with Gasteiger partial charge in [-0.2, -0.15) is 0 Å². The number of hydrogen-bond donors (Lipinski definition) is 1. The van der Waals surface area contributed by atoms with Crippen molar-refractivity contribution < 1.29 is 33.7 Å². The maximum atomic E-state index is 13.7. The first-order valence-electron chi connectivity index (χ1n) is 12.6. The Hall–Kier alpha value is -3.94. The topological polar surface area (TPSA) is 112 Å². The molecule has 0 bridgehead atoms. The lowest BCUT2D eigenvalue weighted by molar-refractivity contribution is -0.155. The number of carboxylic acids is 1. The van der Waals surface area contributed by atoms with Crippen LogP contribution in [0.3, 0.4) is 0 Å². The number of aromatic nitrogens is 1. The van der Waals surface area contributed by atoms with Gasteiger partial charge in [-0.1, -0.05) is 19.9 Å². The molecule has 2 aromatic rings. The van der Waals surface area contributed by atoms with E-state index < -0.39 is 23.5 Å². The second-order valence-electron chi connectivity index (χ2n) is 11.5. The second kappa shape index (κ2) is 8.82. The van der Waals surface area contributed by atoms with Gasteiger partial charge in [-0.3, -0.25) is 4.79 Å². The van der Waals surface area contributed by atoms with E-state index in [-0.39, 0.29) is 16.9 Å². The SMILES string of the molecule is COc1ccc(-c2cccc(C(=O)O)n2)c(C)c1C1C2=C(CC(C)(C)CC2=O)OC2=C1C(=O)OC(C)(C)C2. The molecule has 1 N–H and O–H groups in total.